The SMILES string of the molecule is COCc1noc(CN2CCCC3(CCC(=O)N(C(C)C)C3)C2)n1. The molecular weight excluding hydrogens is 308 g/mol. The minimum Gasteiger partial charge on any atom is -0.377 e. The molecule has 0 aliphatic carbocycles. The summed E-state index contributed by atoms with van der Waals surface area (Å²) < 4.78 is 10.4. The molecular formula is C17H28N4O3. The summed E-state index contributed by atoms with van der Waals surface area (Å²) in [5.74, 6) is 1.54. The summed E-state index contributed by atoms with van der Waals surface area (Å²) in [5, 5.41) is 3.93. The van der Waals surface area contributed by atoms with Crippen molar-refractivity contribution in [1.82, 2.24) is 19.9 Å². The Morgan fingerprint density at radius 1 is 1.33 bits per heavy atom. The first-order valence-electron chi connectivity index (χ1n) is 8.83. The number of methoxy groups -OCH3 is 1. The molecule has 1 amide bonds. The van der Waals surface area contributed by atoms with Crippen molar-refractivity contribution in [3.8, 4) is 0 Å². The molecule has 2 saturated heterocycles. The van der Waals surface area contributed by atoms with E-state index in [-0.39, 0.29) is 11.5 Å². The lowest BCUT2D eigenvalue weighted by Gasteiger charge is -2.49. The molecule has 3 rings (SSSR count). The third-order valence-electron chi connectivity index (χ3n) is 5.20. The van der Waals surface area contributed by atoms with E-state index in [1.54, 1.807) is 7.11 Å². The molecule has 7 nitrogen and oxygen atoms in total. The lowest BCUT2D eigenvalue weighted by atomic mass is 9.73. The second-order valence-corrected chi connectivity index (χ2v) is 7.47. The molecule has 3 heterocycles. The van der Waals surface area contributed by atoms with Crippen LogP contribution in [0.3, 0.4) is 0 Å². The van der Waals surface area contributed by atoms with Crippen LogP contribution >= 0.6 is 0 Å². The summed E-state index contributed by atoms with van der Waals surface area (Å²) in [6.45, 7) is 8.16. The molecule has 0 radical (unpaired) electrons. The van der Waals surface area contributed by atoms with E-state index in [1.807, 2.05) is 0 Å². The smallest absolute Gasteiger partial charge is 0.240 e. The number of piperidine rings is 2. The molecule has 2 aliphatic heterocycles. The third-order valence-corrected chi connectivity index (χ3v) is 5.20. The third kappa shape index (κ3) is 3.78. The molecule has 0 aromatic carbocycles. The standard InChI is InChI=1S/C17H28N4O3/c1-13(2)21-12-17(7-5-16(21)22)6-4-8-20(11-17)9-15-18-14(10-23-3)19-24-15/h13H,4-12H2,1-3H3. The number of carbonyl (C=O) groups excluding carboxylic acids is 1. The van der Waals surface area contributed by atoms with Crippen molar-refractivity contribution in [2.75, 3.05) is 26.7 Å². The van der Waals surface area contributed by atoms with Gasteiger partial charge in [0.05, 0.1) is 6.54 Å². The number of rotatable bonds is 5. The van der Waals surface area contributed by atoms with Gasteiger partial charge in [-0.1, -0.05) is 5.16 Å². The predicted octanol–water partition coefficient (Wildman–Crippen LogP) is 1.83. The number of likely N-dealkylation sites (tertiary alicyclic amines) is 2. The van der Waals surface area contributed by atoms with E-state index in [9.17, 15) is 4.79 Å². The molecule has 1 atom stereocenters. The van der Waals surface area contributed by atoms with Crippen molar-refractivity contribution in [2.24, 2.45) is 5.41 Å². The zero-order valence-corrected chi connectivity index (χ0v) is 15.0. The second kappa shape index (κ2) is 7.19. The van der Waals surface area contributed by atoms with Gasteiger partial charge in [0.2, 0.25) is 11.8 Å². The van der Waals surface area contributed by atoms with Gasteiger partial charge in [0.15, 0.2) is 5.82 Å². The highest BCUT2D eigenvalue weighted by Gasteiger charge is 2.42. The summed E-state index contributed by atoms with van der Waals surface area (Å²) in [7, 11) is 1.62. The van der Waals surface area contributed by atoms with E-state index in [4.69, 9.17) is 9.26 Å². The maximum Gasteiger partial charge on any atom is 0.240 e. The molecule has 134 valence electrons. The van der Waals surface area contributed by atoms with Crippen LogP contribution in [-0.2, 0) is 22.7 Å². The van der Waals surface area contributed by atoms with E-state index in [2.05, 4.69) is 33.8 Å². The highest BCUT2D eigenvalue weighted by Crippen LogP contribution is 2.39. The van der Waals surface area contributed by atoms with Crippen molar-refractivity contribution in [1.29, 1.82) is 0 Å². The van der Waals surface area contributed by atoms with Crippen LogP contribution in [0.25, 0.3) is 0 Å². The quantitative estimate of drug-likeness (QED) is 0.817. The van der Waals surface area contributed by atoms with Crippen molar-refractivity contribution in [2.45, 2.75) is 58.7 Å². The Balaban J connectivity index is 1.64. The number of carbonyl (C=O) groups is 1. The summed E-state index contributed by atoms with van der Waals surface area (Å²) in [5.41, 5.74) is 0.214. The van der Waals surface area contributed by atoms with Gasteiger partial charge < -0.3 is 14.2 Å². The first-order valence-corrected chi connectivity index (χ1v) is 8.83. The van der Waals surface area contributed by atoms with E-state index in [0.717, 1.165) is 32.5 Å². The van der Waals surface area contributed by atoms with Crippen LogP contribution in [0.15, 0.2) is 4.52 Å². The van der Waals surface area contributed by atoms with Gasteiger partial charge in [0.25, 0.3) is 0 Å². The number of amides is 1. The van der Waals surface area contributed by atoms with Gasteiger partial charge in [-0.2, -0.15) is 4.98 Å². The summed E-state index contributed by atoms with van der Waals surface area (Å²) >= 11 is 0. The van der Waals surface area contributed by atoms with Crippen LogP contribution < -0.4 is 0 Å². The molecule has 1 spiro atoms. The first-order chi connectivity index (χ1) is 11.5. The highest BCUT2D eigenvalue weighted by atomic mass is 16.5. The fourth-order valence-corrected chi connectivity index (χ4v) is 4.03. The fourth-order valence-electron chi connectivity index (χ4n) is 4.03. The van der Waals surface area contributed by atoms with Gasteiger partial charge in [0.1, 0.15) is 6.61 Å². The number of hydrogen-bond acceptors (Lipinski definition) is 6. The van der Waals surface area contributed by atoms with Crippen LogP contribution in [0, 0.1) is 5.41 Å². The normalized spacial score (nSPS) is 25.8. The Morgan fingerprint density at radius 2 is 2.17 bits per heavy atom. The van der Waals surface area contributed by atoms with Crippen LogP contribution in [-0.4, -0.2) is 58.6 Å². The molecule has 2 aliphatic rings. The molecule has 0 bridgehead atoms. The van der Waals surface area contributed by atoms with Crippen molar-refractivity contribution < 1.29 is 14.1 Å². The average molecular weight is 336 g/mol. The van der Waals surface area contributed by atoms with E-state index >= 15 is 0 Å². The molecule has 0 saturated carbocycles. The van der Waals surface area contributed by atoms with Crippen molar-refractivity contribution >= 4 is 5.91 Å². The summed E-state index contributed by atoms with van der Waals surface area (Å²) in [6.07, 6.45) is 4.01. The largest absolute Gasteiger partial charge is 0.377 e. The Morgan fingerprint density at radius 3 is 2.92 bits per heavy atom. The van der Waals surface area contributed by atoms with E-state index in [0.29, 0.717) is 37.2 Å². The van der Waals surface area contributed by atoms with Gasteiger partial charge in [-0.3, -0.25) is 9.69 Å². The Labute approximate surface area is 143 Å². The molecule has 1 aromatic heterocycles. The van der Waals surface area contributed by atoms with E-state index < -0.39 is 0 Å². The first kappa shape index (κ1) is 17.4. The monoisotopic (exact) mass is 336 g/mol. The number of aromatic nitrogens is 2. The molecule has 7 heteroatoms. The number of hydrogen-bond donors (Lipinski definition) is 0. The van der Waals surface area contributed by atoms with Gasteiger partial charge in [0, 0.05) is 38.1 Å². The van der Waals surface area contributed by atoms with Gasteiger partial charge in [-0.05, 0) is 39.7 Å². The minimum atomic E-state index is 0.214. The summed E-state index contributed by atoms with van der Waals surface area (Å²) in [6, 6.07) is 0.276. The molecule has 0 N–H and O–H groups in total. The molecule has 2 fully saturated rings. The van der Waals surface area contributed by atoms with Crippen LogP contribution in [0.1, 0.15) is 51.2 Å². The minimum absolute atomic E-state index is 0.214. The maximum atomic E-state index is 12.2. The number of nitrogens with zero attached hydrogens (tertiary/aromatic N) is 4. The van der Waals surface area contributed by atoms with Gasteiger partial charge in [-0.15, -0.1) is 0 Å². The van der Waals surface area contributed by atoms with E-state index in [1.165, 1.54) is 6.42 Å². The maximum absolute atomic E-state index is 12.2. The lowest BCUT2D eigenvalue weighted by Crippen LogP contribution is -2.55. The van der Waals surface area contributed by atoms with Crippen molar-refractivity contribution in [3.63, 3.8) is 0 Å². The Hall–Kier alpha value is -1.47. The summed E-state index contributed by atoms with van der Waals surface area (Å²) in [4.78, 5) is 21.0. The zero-order chi connectivity index (χ0) is 17.2. The van der Waals surface area contributed by atoms with Crippen LogP contribution in [0.2, 0.25) is 0 Å². The Bertz CT molecular complexity index is 574. The Kier molecular flexibility index (Phi) is 5.20. The molecule has 1 unspecified atom stereocenters. The fraction of sp³-hybridized carbons (Fsp3) is 0.824. The van der Waals surface area contributed by atoms with Crippen molar-refractivity contribution in [3.05, 3.63) is 11.7 Å². The lowest BCUT2D eigenvalue weighted by molar-refractivity contribution is -0.141. The zero-order valence-electron chi connectivity index (χ0n) is 15.0. The average Bonchev–Trinajstić information content (AvgIpc) is 2.98. The topological polar surface area (TPSA) is 71.7 Å². The second-order valence-electron chi connectivity index (χ2n) is 7.47. The molecule has 24 heavy (non-hydrogen) atoms. The number of ether oxygens (including phenoxy) is 1. The van der Waals surface area contributed by atoms with Gasteiger partial charge >= 0.3 is 0 Å². The molecule has 1 aromatic rings. The van der Waals surface area contributed by atoms with Crippen LogP contribution in [0.5, 0.6) is 0 Å². The predicted molar refractivity (Wildman–Crippen MR) is 88.0 cm³/mol. The van der Waals surface area contributed by atoms with Gasteiger partial charge in [-0.25, -0.2) is 0 Å². The van der Waals surface area contributed by atoms with Crippen LogP contribution in [0.4, 0.5) is 0 Å². The highest BCUT2D eigenvalue weighted by molar-refractivity contribution is 5.77.